The zero-order chi connectivity index (χ0) is 14.1. The Bertz CT molecular complexity index is 473. The van der Waals surface area contributed by atoms with Crippen molar-refractivity contribution in [3.63, 3.8) is 0 Å². The van der Waals surface area contributed by atoms with Crippen LogP contribution in [0.15, 0.2) is 42.5 Å². The molecular weight excluding hydrogens is 240 g/mol. The van der Waals surface area contributed by atoms with Gasteiger partial charge < -0.3 is 9.84 Å². The number of carbonyl (C=O) groups is 1. The van der Waals surface area contributed by atoms with Crippen molar-refractivity contribution in [2.75, 3.05) is 7.11 Å². The first-order valence-corrected chi connectivity index (χ1v) is 6.42. The van der Waals surface area contributed by atoms with Crippen molar-refractivity contribution in [2.45, 2.75) is 26.2 Å². The van der Waals surface area contributed by atoms with Gasteiger partial charge in [-0.25, -0.2) is 4.79 Å². The van der Waals surface area contributed by atoms with Crippen LogP contribution in [0.1, 0.15) is 31.7 Å². The van der Waals surface area contributed by atoms with Gasteiger partial charge in [0.15, 0.2) is 0 Å². The number of hydrogen-bond donors (Lipinski definition) is 1. The van der Waals surface area contributed by atoms with Crippen LogP contribution in [0.25, 0.3) is 5.57 Å². The van der Waals surface area contributed by atoms with E-state index >= 15 is 0 Å². The second-order valence-corrected chi connectivity index (χ2v) is 4.22. The molecule has 1 N–H and O–H groups in total. The number of aliphatic carboxylic acids is 1. The van der Waals surface area contributed by atoms with E-state index in [1.165, 1.54) is 0 Å². The van der Waals surface area contributed by atoms with Crippen LogP contribution in [0.4, 0.5) is 0 Å². The summed E-state index contributed by atoms with van der Waals surface area (Å²) < 4.78 is 5.21. The molecule has 0 aliphatic rings. The van der Waals surface area contributed by atoms with Gasteiger partial charge in [-0.2, -0.15) is 0 Å². The van der Waals surface area contributed by atoms with Gasteiger partial charge in [-0.15, -0.1) is 0 Å². The Morgan fingerprint density at radius 2 is 2.21 bits per heavy atom. The molecular formula is C16H20O3. The molecule has 3 heteroatoms. The highest BCUT2D eigenvalue weighted by molar-refractivity contribution is 5.81. The van der Waals surface area contributed by atoms with Crippen LogP contribution in [-0.2, 0) is 4.79 Å². The number of allylic oxidation sites excluding steroid dienone is 3. The minimum absolute atomic E-state index is 0.808. The van der Waals surface area contributed by atoms with Gasteiger partial charge in [0.1, 0.15) is 5.75 Å². The van der Waals surface area contributed by atoms with Crippen LogP contribution in [-0.4, -0.2) is 18.2 Å². The molecule has 19 heavy (non-hydrogen) atoms. The average molecular weight is 260 g/mol. The smallest absolute Gasteiger partial charge is 0.328 e. The maximum Gasteiger partial charge on any atom is 0.328 e. The number of unbranched alkanes of at least 4 members (excludes halogenated alkanes) is 1. The SMILES string of the molecule is CCCC/C(=C\C=C\C(=O)O)c1cccc(OC)c1. The van der Waals surface area contributed by atoms with E-state index in [0.29, 0.717) is 0 Å². The Kier molecular flexibility index (Phi) is 6.44. The zero-order valence-corrected chi connectivity index (χ0v) is 11.4. The summed E-state index contributed by atoms with van der Waals surface area (Å²) in [6, 6.07) is 7.82. The number of methoxy groups -OCH3 is 1. The topological polar surface area (TPSA) is 46.5 Å². The van der Waals surface area contributed by atoms with E-state index in [-0.39, 0.29) is 0 Å². The van der Waals surface area contributed by atoms with E-state index in [4.69, 9.17) is 9.84 Å². The lowest BCUT2D eigenvalue weighted by Crippen LogP contribution is -1.89. The highest BCUT2D eigenvalue weighted by atomic mass is 16.5. The number of rotatable bonds is 7. The summed E-state index contributed by atoms with van der Waals surface area (Å²) in [5.41, 5.74) is 2.20. The Balaban J connectivity index is 2.97. The summed E-state index contributed by atoms with van der Waals surface area (Å²) in [5, 5.41) is 8.62. The predicted octanol–water partition coefficient (Wildman–Crippen LogP) is 3.91. The fourth-order valence-electron chi connectivity index (χ4n) is 1.76. The number of carboxylic acid groups (broad SMARTS) is 1. The van der Waals surface area contributed by atoms with Crippen molar-refractivity contribution in [3.8, 4) is 5.75 Å². The summed E-state index contributed by atoms with van der Waals surface area (Å²) in [6.07, 6.45) is 7.68. The van der Waals surface area contributed by atoms with Crippen LogP contribution in [0, 0.1) is 0 Å². The second kappa shape index (κ2) is 8.14. The van der Waals surface area contributed by atoms with Gasteiger partial charge in [-0.1, -0.05) is 37.6 Å². The Labute approximate surface area is 114 Å². The quantitative estimate of drug-likeness (QED) is 0.597. The maximum atomic E-state index is 10.5. The molecule has 0 bridgehead atoms. The fraction of sp³-hybridized carbons (Fsp3) is 0.312. The first kappa shape index (κ1) is 15.0. The third kappa shape index (κ3) is 5.42. The normalized spacial score (nSPS) is 11.8. The molecule has 1 aromatic carbocycles. The molecule has 0 unspecified atom stereocenters. The summed E-state index contributed by atoms with van der Waals surface area (Å²) >= 11 is 0. The number of benzene rings is 1. The summed E-state index contributed by atoms with van der Waals surface area (Å²) in [7, 11) is 1.64. The molecule has 0 aliphatic heterocycles. The van der Waals surface area contributed by atoms with Crippen molar-refractivity contribution in [1.29, 1.82) is 0 Å². The van der Waals surface area contributed by atoms with Gasteiger partial charge in [0.2, 0.25) is 0 Å². The monoisotopic (exact) mass is 260 g/mol. The highest BCUT2D eigenvalue weighted by Gasteiger charge is 2.02. The molecule has 0 atom stereocenters. The third-order valence-electron chi connectivity index (χ3n) is 2.78. The molecule has 1 aromatic rings. The van der Waals surface area contributed by atoms with Crippen molar-refractivity contribution < 1.29 is 14.6 Å². The van der Waals surface area contributed by atoms with E-state index in [2.05, 4.69) is 6.92 Å². The van der Waals surface area contributed by atoms with Crippen LogP contribution >= 0.6 is 0 Å². The molecule has 102 valence electrons. The van der Waals surface area contributed by atoms with E-state index in [0.717, 1.165) is 42.2 Å². The van der Waals surface area contributed by atoms with Crippen LogP contribution in [0.3, 0.4) is 0 Å². The Hall–Kier alpha value is -2.03. The van der Waals surface area contributed by atoms with E-state index in [1.54, 1.807) is 13.2 Å². The van der Waals surface area contributed by atoms with Crippen molar-refractivity contribution in [1.82, 2.24) is 0 Å². The standard InChI is InChI=1S/C16H20O3/c1-3-4-7-13(8-6-11-16(17)18)14-9-5-10-15(12-14)19-2/h5-6,8-12H,3-4,7H2,1-2H3,(H,17,18)/b11-6+,13-8+. The molecule has 0 fully saturated rings. The van der Waals surface area contributed by atoms with Gasteiger partial charge >= 0.3 is 5.97 Å². The van der Waals surface area contributed by atoms with Crippen molar-refractivity contribution >= 4 is 11.5 Å². The summed E-state index contributed by atoms with van der Waals surface area (Å²) in [5.74, 6) is -0.126. The van der Waals surface area contributed by atoms with Gasteiger partial charge in [0.25, 0.3) is 0 Å². The predicted molar refractivity (Wildman–Crippen MR) is 77.3 cm³/mol. The first-order valence-electron chi connectivity index (χ1n) is 6.42. The number of carboxylic acids is 1. The van der Waals surface area contributed by atoms with Gasteiger partial charge in [-0.3, -0.25) is 0 Å². The van der Waals surface area contributed by atoms with Crippen LogP contribution < -0.4 is 4.74 Å². The van der Waals surface area contributed by atoms with E-state index < -0.39 is 5.97 Å². The highest BCUT2D eigenvalue weighted by Crippen LogP contribution is 2.24. The fourth-order valence-corrected chi connectivity index (χ4v) is 1.76. The number of hydrogen-bond acceptors (Lipinski definition) is 2. The minimum atomic E-state index is -0.934. The molecule has 0 aliphatic carbocycles. The lowest BCUT2D eigenvalue weighted by Gasteiger charge is -2.08. The van der Waals surface area contributed by atoms with Gasteiger partial charge in [-0.05, 0) is 36.1 Å². The maximum absolute atomic E-state index is 10.5. The molecule has 0 saturated heterocycles. The average Bonchev–Trinajstić information content (AvgIpc) is 2.42. The summed E-state index contributed by atoms with van der Waals surface area (Å²) in [6.45, 7) is 2.14. The molecule has 0 heterocycles. The summed E-state index contributed by atoms with van der Waals surface area (Å²) in [4.78, 5) is 10.5. The Morgan fingerprint density at radius 3 is 2.84 bits per heavy atom. The van der Waals surface area contributed by atoms with E-state index in [9.17, 15) is 4.79 Å². The molecule has 0 aromatic heterocycles. The lowest BCUT2D eigenvalue weighted by molar-refractivity contribution is -0.131. The number of ether oxygens (including phenoxy) is 1. The second-order valence-electron chi connectivity index (χ2n) is 4.22. The molecule has 0 saturated carbocycles. The van der Waals surface area contributed by atoms with E-state index in [1.807, 2.05) is 30.3 Å². The molecule has 3 nitrogen and oxygen atoms in total. The first-order chi connectivity index (χ1) is 9.17. The third-order valence-corrected chi connectivity index (χ3v) is 2.78. The molecule has 0 radical (unpaired) electrons. The largest absolute Gasteiger partial charge is 0.497 e. The zero-order valence-electron chi connectivity index (χ0n) is 11.4. The molecule has 0 amide bonds. The molecule has 1 rings (SSSR count). The van der Waals surface area contributed by atoms with Crippen LogP contribution in [0.5, 0.6) is 5.75 Å². The van der Waals surface area contributed by atoms with Crippen LogP contribution in [0.2, 0.25) is 0 Å². The molecule has 0 spiro atoms. The Morgan fingerprint density at radius 1 is 1.42 bits per heavy atom. The lowest BCUT2D eigenvalue weighted by atomic mass is 9.99. The van der Waals surface area contributed by atoms with Crippen molar-refractivity contribution in [3.05, 3.63) is 48.1 Å². The van der Waals surface area contributed by atoms with Crippen molar-refractivity contribution in [2.24, 2.45) is 0 Å². The van der Waals surface area contributed by atoms with Gasteiger partial charge in [0.05, 0.1) is 7.11 Å². The van der Waals surface area contributed by atoms with Gasteiger partial charge in [0, 0.05) is 6.08 Å². The minimum Gasteiger partial charge on any atom is -0.497 e.